The van der Waals surface area contributed by atoms with Crippen molar-refractivity contribution in [3.05, 3.63) is 52.0 Å². The van der Waals surface area contributed by atoms with E-state index < -0.39 is 0 Å². The summed E-state index contributed by atoms with van der Waals surface area (Å²) in [4.78, 5) is 22.1. The first kappa shape index (κ1) is 16.7. The lowest BCUT2D eigenvalue weighted by Gasteiger charge is -2.37. The fourth-order valence-electron chi connectivity index (χ4n) is 3.86. The van der Waals surface area contributed by atoms with Crippen LogP contribution in [0.4, 0.5) is 0 Å². The molecule has 0 aliphatic carbocycles. The molecule has 4 heterocycles. The van der Waals surface area contributed by atoms with Gasteiger partial charge in [-0.3, -0.25) is 9.78 Å². The lowest BCUT2D eigenvalue weighted by molar-refractivity contribution is -0.137. The van der Waals surface area contributed by atoms with E-state index >= 15 is 0 Å². The van der Waals surface area contributed by atoms with E-state index in [0.29, 0.717) is 0 Å². The Balaban J connectivity index is 1.47. The van der Waals surface area contributed by atoms with Gasteiger partial charge in [-0.25, -0.2) is 10.9 Å². The van der Waals surface area contributed by atoms with Crippen molar-refractivity contribution in [3.63, 3.8) is 0 Å². The number of carbonyl (C=O) groups excluding carboxylic acids is 1. The van der Waals surface area contributed by atoms with Crippen molar-refractivity contribution in [2.75, 3.05) is 6.54 Å². The smallest absolute Gasteiger partial charge is 0.241 e. The van der Waals surface area contributed by atoms with E-state index in [4.69, 9.17) is 0 Å². The Morgan fingerprint density at radius 3 is 2.96 bits per heavy atom. The molecule has 25 heavy (non-hydrogen) atoms. The van der Waals surface area contributed by atoms with Crippen molar-refractivity contribution >= 4 is 17.2 Å². The highest BCUT2D eigenvalue weighted by atomic mass is 32.1. The number of aryl methyl sites for hydroxylation is 1. The highest BCUT2D eigenvalue weighted by Gasteiger charge is 2.37. The third-order valence-corrected chi connectivity index (χ3v) is 6.28. The molecule has 132 valence electrons. The third kappa shape index (κ3) is 3.47. The predicted molar refractivity (Wildman–Crippen MR) is 99.0 cm³/mol. The summed E-state index contributed by atoms with van der Waals surface area (Å²) >= 11 is 1.80. The molecule has 0 saturated carbocycles. The molecule has 2 aliphatic heterocycles. The van der Waals surface area contributed by atoms with Gasteiger partial charge in [-0.05, 0) is 56.4 Å². The van der Waals surface area contributed by atoms with Crippen molar-refractivity contribution in [2.24, 2.45) is 0 Å². The van der Waals surface area contributed by atoms with Crippen molar-refractivity contribution in [1.82, 2.24) is 20.7 Å². The van der Waals surface area contributed by atoms with Crippen LogP contribution in [0.25, 0.3) is 0 Å². The van der Waals surface area contributed by atoms with Crippen LogP contribution in [0, 0.1) is 6.92 Å². The summed E-state index contributed by atoms with van der Waals surface area (Å²) in [5, 5.41) is 0. The summed E-state index contributed by atoms with van der Waals surface area (Å²) in [6.45, 7) is 2.95. The van der Waals surface area contributed by atoms with E-state index in [2.05, 4.69) is 45.9 Å². The second kappa shape index (κ2) is 7.23. The number of hydrazine groups is 1. The molecular weight excluding hydrogens is 332 g/mol. The summed E-state index contributed by atoms with van der Waals surface area (Å²) in [5.41, 5.74) is 7.69. The average molecular weight is 356 g/mol. The molecule has 0 spiro atoms. The van der Waals surface area contributed by atoms with Crippen LogP contribution in [-0.4, -0.2) is 28.4 Å². The Morgan fingerprint density at radius 1 is 1.28 bits per heavy atom. The van der Waals surface area contributed by atoms with Gasteiger partial charge in [0.1, 0.15) is 6.04 Å². The molecule has 5 nitrogen and oxygen atoms in total. The molecular formula is C19H24N4OS. The van der Waals surface area contributed by atoms with Gasteiger partial charge in [0.05, 0.1) is 12.1 Å². The first-order valence-electron chi connectivity index (χ1n) is 9.00. The van der Waals surface area contributed by atoms with E-state index in [1.165, 1.54) is 9.75 Å². The molecule has 3 unspecified atom stereocenters. The van der Waals surface area contributed by atoms with Crippen LogP contribution in [0.2, 0.25) is 0 Å². The van der Waals surface area contributed by atoms with E-state index in [1.807, 2.05) is 12.3 Å². The zero-order valence-corrected chi connectivity index (χ0v) is 15.3. The second-order valence-electron chi connectivity index (χ2n) is 6.91. The minimum atomic E-state index is -0.162. The standard InChI is InChI=1S/C19H24N4OS/c1-13-7-8-18(25-13)15-11-16(22-21-15)19(24)23-10-3-2-6-17(23)14-5-4-9-20-12-14/h4-5,7-9,12,15-17,21-22H,2-3,6,10-11H2,1H3. The fourth-order valence-corrected chi connectivity index (χ4v) is 4.80. The Bertz CT molecular complexity index is 732. The van der Waals surface area contributed by atoms with E-state index in [0.717, 1.165) is 37.8 Å². The van der Waals surface area contributed by atoms with Crippen LogP contribution in [0.15, 0.2) is 36.7 Å². The highest BCUT2D eigenvalue weighted by molar-refractivity contribution is 7.12. The molecule has 2 aromatic rings. The van der Waals surface area contributed by atoms with Gasteiger partial charge in [-0.2, -0.15) is 0 Å². The number of rotatable bonds is 3. The molecule has 2 saturated heterocycles. The number of thiophene rings is 1. The molecule has 6 heteroatoms. The van der Waals surface area contributed by atoms with E-state index in [9.17, 15) is 4.79 Å². The van der Waals surface area contributed by atoms with E-state index in [-0.39, 0.29) is 24.0 Å². The van der Waals surface area contributed by atoms with Crippen molar-refractivity contribution < 1.29 is 4.79 Å². The number of hydrogen-bond acceptors (Lipinski definition) is 5. The highest BCUT2D eigenvalue weighted by Crippen LogP contribution is 2.33. The first-order chi connectivity index (χ1) is 12.2. The first-order valence-corrected chi connectivity index (χ1v) is 9.82. The summed E-state index contributed by atoms with van der Waals surface area (Å²) in [7, 11) is 0. The summed E-state index contributed by atoms with van der Waals surface area (Å²) in [6, 6.07) is 8.54. The Kier molecular flexibility index (Phi) is 4.83. The summed E-state index contributed by atoms with van der Waals surface area (Å²) in [6.07, 6.45) is 7.75. The molecule has 2 fully saturated rings. The van der Waals surface area contributed by atoms with Crippen LogP contribution >= 0.6 is 11.3 Å². The number of nitrogens with one attached hydrogen (secondary N) is 2. The van der Waals surface area contributed by atoms with E-state index in [1.54, 1.807) is 17.5 Å². The Labute approximate surface area is 152 Å². The van der Waals surface area contributed by atoms with Gasteiger partial charge in [0.25, 0.3) is 0 Å². The lowest BCUT2D eigenvalue weighted by Crippen LogP contribution is -2.48. The van der Waals surface area contributed by atoms with Gasteiger partial charge in [0.15, 0.2) is 0 Å². The molecule has 0 bridgehead atoms. The van der Waals surface area contributed by atoms with Gasteiger partial charge >= 0.3 is 0 Å². The van der Waals surface area contributed by atoms with Gasteiger partial charge < -0.3 is 4.90 Å². The maximum absolute atomic E-state index is 13.2. The molecule has 2 N–H and O–H groups in total. The molecule has 2 aliphatic rings. The zero-order chi connectivity index (χ0) is 17.2. The molecule has 0 radical (unpaired) electrons. The summed E-state index contributed by atoms with van der Waals surface area (Å²) in [5.74, 6) is 0.205. The molecule has 0 aromatic carbocycles. The number of nitrogens with zero attached hydrogens (tertiary/aromatic N) is 2. The van der Waals surface area contributed by atoms with Crippen LogP contribution in [0.1, 0.15) is 53.1 Å². The zero-order valence-electron chi connectivity index (χ0n) is 14.4. The van der Waals surface area contributed by atoms with Crippen LogP contribution in [-0.2, 0) is 4.79 Å². The number of amides is 1. The largest absolute Gasteiger partial charge is 0.334 e. The maximum atomic E-state index is 13.2. The molecule has 4 rings (SSSR count). The number of carbonyl (C=O) groups is 1. The number of pyridine rings is 1. The topological polar surface area (TPSA) is 57.3 Å². The lowest BCUT2D eigenvalue weighted by atomic mass is 9.95. The normalized spacial score (nSPS) is 26.8. The molecule has 1 amide bonds. The SMILES string of the molecule is Cc1ccc(C2CC(C(=O)N3CCCCC3c3cccnc3)NN2)s1. The number of likely N-dealkylation sites (tertiary alicyclic amines) is 1. The molecule has 3 atom stereocenters. The quantitative estimate of drug-likeness (QED) is 0.887. The minimum absolute atomic E-state index is 0.153. The minimum Gasteiger partial charge on any atom is -0.334 e. The van der Waals surface area contributed by atoms with Crippen LogP contribution in [0.5, 0.6) is 0 Å². The second-order valence-corrected chi connectivity index (χ2v) is 8.23. The number of hydrogen-bond donors (Lipinski definition) is 2. The van der Waals surface area contributed by atoms with Gasteiger partial charge in [0.2, 0.25) is 5.91 Å². The molecule has 2 aromatic heterocycles. The van der Waals surface area contributed by atoms with Crippen LogP contribution < -0.4 is 10.9 Å². The fraction of sp³-hybridized carbons (Fsp3) is 0.474. The monoisotopic (exact) mass is 356 g/mol. The Morgan fingerprint density at radius 2 is 2.20 bits per heavy atom. The number of aromatic nitrogens is 1. The summed E-state index contributed by atoms with van der Waals surface area (Å²) < 4.78 is 0. The van der Waals surface area contributed by atoms with Gasteiger partial charge in [-0.1, -0.05) is 6.07 Å². The van der Waals surface area contributed by atoms with Crippen LogP contribution in [0.3, 0.4) is 0 Å². The Hall–Kier alpha value is -1.76. The van der Waals surface area contributed by atoms with Crippen molar-refractivity contribution in [3.8, 4) is 0 Å². The predicted octanol–water partition coefficient (Wildman–Crippen LogP) is 3.11. The third-order valence-electron chi connectivity index (χ3n) is 5.16. The van der Waals surface area contributed by atoms with Gasteiger partial charge in [-0.15, -0.1) is 11.3 Å². The van der Waals surface area contributed by atoms with Gasteiger partial charge in [0, 0.05) is 28.7 Å². The van der Waals surface area contributed by atoms with Crippen molar-refractivity contribution in [1.29, 1.82) is 0 Å². The average Bonchev–Trinajstić information content (AvgIpc) is 3.31. The van der Waals surface area contributed by atoms with Crippen molar-refractivity contribution in [2.45, 2.75) is 50.7 Å². The maximum Gasteiger partial charge on any atom is 0.241 e. The number of piperidine rings is 1.